The van der Waals surface area contributed by atoms with E-state index in [0.717, 1.165) is 12.5 Å². The zero-order valence-corrected chi connectivity index (χ0v) is 10.4. The lowest BCUT2D eigenvalue weighted by Gasteiger charge is -2.18. The molecule has 0 radical (unpaired) electrons. The van der Waals surface area contributed by atoms with Crippen molar-refractivity contribution in [2.45, 2.75) is 40.0 Å². The molecule has 0 saturated heterocycles. The highest BCUT2D eigenvalue weighted by Crippen LogP contribution is 2.05. The van der Waals surface area contributed by atoms with Gasteiger partial charge in [0.1, 0.15) is 0 Å². The molecule has 0 bridgehead atoms. The van der Waals surface area contributed by atoms with Gasteiger partial charge in [-0.05, 0) is 57.8 Å². The van der Waals surface area contributed by atoms with Crippen LogP contribution in [0.25, 0.3) is 0 Å². The molecule has 0 aliphatic heterocycles. The Morgan fingerprint density at radius 2 is 1.71 bits per heavy atom. The van der Waals surface area contributed by atoms with Gasteiger partial charge in [-0.3, -0.25) is 0 Å². The fraction of sp³-hybridized carbons (Fsp3) is 1.00. The molecular weight excluding hydrogens is 172 g/mol. The van der Waals surface area contributed by atoms with Crippen LogP contribution in [0.2, 0.25) is 0 Å². The van der Waals surface area contributed by atoms with E-state index in [2.05, 4.69) is 32.7 Å². The van der Waals surface area contributed by atoms with Crippen molar-refractivity contribution in [3.05, 3.63) is 0 Å². The van der Waals surface area contributed by atoms with Gasteiger partial charge in [0.05, 0.1) is 0 Å². The maximum Gasteiger partial charge on any atom is -0.00194 e. The third-order valence-electron chi connectivity index (χ3n) is 2.73. The third-order valence-corrected chi connectivity index (χ3v) is 2.73. The van der Waals surface area contributed by atoms with E-state index in [0.29, 0.717) is 5.92 Å². The summed E-state index contributed by atoms with van der Waals surface area (Å²) < 4.78 is 0. The maximum atomic E-state index is 5.57. The standard InChI is InChI=1S/C12H28N2/c1-11(2)7-9-14(4)8-5-6-12(3)10-13/h11-12H,5-10,13H2,1-4H3. The van der Waals surface area contributed by atoms with Gasteiger partial charge in [0.25, 0.3) is 0 Å². The lowest BCUT2D eigenvalue weighted by Crippen LogP contribution is -2.23. The van der Waals surface area contributed by atoms with E-state index in [9.17, 15) is 0 Å². The Morgan fingerprint density at radius 3 is 2.21 bits per heavy atom. The number of nitrogens with two attached hydrogens (primary N) is 1. The van der Waals surface area contributed by atoms with Gasteiger partial charge in [0, 0.05) is 0 Å². The number of hydrogen-bond acceptors (Lipinski definition) is 2. The molecule has 86 valence electrons. The molecule has 2 heteroatoms. The Kier molecular flexibility index (Phi) is 8.20. The first-order valence-electron chi connectivity index (χ1n) is 5.94. The minimum Gasteiger partial charge on any atom is -0.330 e. The molecule has 0 aromatic heterocycles. The molecular formula is C12H28N2. The average Bonchev–Trinajstić information content (AvgIpc) is 2.14. The predicted molar refractivity (Wildman–Crippen MR) is 64.4 cm³/mol. The van der Waals surface area contributed by atoms with Crippen molar-refractivity contribution in [1.29, 1.82) is 0 Å². The van der Waals surface area contributed by atoms with E-state index >= 15 is 0 Å². The summed E-state index contributed by atoms with van der Waals surface area (Å²) in [7, 11) is 2.22. The van der Waals surface area contributed by atoms with Gasteiger partial charge in [0.2, 0.25) is 0 Å². The van der Waals surface area contributed by atoms with Crippen LogP contribution in [0.4, 0.5) is 0 Å². The lowest BCUT2D eigenvalue weighted by molar-refractivity contribution is 0.296. The summed E-state index contributed by atoms with van der Waals surface area (Å²) in [5, 5.41) is 0. The summed E-state index contributed by atoms with van der Waals surface area (Å²) in [5.41, 5.74) is 5.57. The van der Waals surface area contributed by atoms with Crippen LogP contribution < -0.4 is 5.73 Å². The van der Waals surface area contributed by atoms with Gasteiger partial charge in [-0.15, -0.1) is 0 Å². The second kappa shape index (κ2) is 8.25. The van der Waals surface area contributed by atoms with Crippen molar-refractivity contribution in [2.24, 2.45) is 17.6 Å². The SMILES string of the molecule is CC(C)CCN(C)CCCC(C)CN. The average molecular weight is 200 g/mol. The molecule has 0 aliphatic rings. The van der Waals surface area contributed by atoms with E-state index < -0.39 is 0 Å². The molecule has 0 rings (SSSR count). The summed E-state index contributed by atoms with van der Waals surface area (Å²) in [4.78, 5) is 2.43. The summed E-state index contributed by atoms with van der Waals surface area (Å²) in [5.74, 6) is 1.51. The van der Waals surface area contributed by atoms with Gasteiger partial charge < -0.3 is 10.6 Å². The molecule has 1 unspecified atom stereocenters. The lowest BCUT2D eigenvalue weighted by atomic mass is 10.1. The van der Waals surface area contributed by atoms with Crippen LogP contribution in [0.1, 0.15) is 40.0 Å². The first-order chi connectivity index (χ1) is 6.56. The molecule has 0 spiro atoms. The summed E-state index contributed by atoms with van der Waals surface area (Å²) >= 11 is 0. The molecule has 2 nitrogen and oxygen atoms in total. The Hall–Kier alpha value is -0.0800. The third kappa shape index (κ3) is 8.52. The van der Waals surface area contributed by atoms with Crippen LogP contribution in [-0.2, 0) is 0 Å². The Morgan fingerprint density at radius 1 is 1.07 bits per heavy atom. The van der Waals surface area contributed by atoms with Gasteiger partial charge in [-0.25, -0.2) is 0 Å². The first kappa shape index (κ1) is 13.9. The summed E-state index contributed by atoms with van der Waals surface area (Å²) in [6, 6.07) is 0. The van der Waals surface area contributed by atoms with Crippen molar-refractivity contribution in [1.82, 2.24) is 4.90 Å². The molecule has 1 atom stereocenters. The minimum atomic E-state index is 0.688. The highest BCUT2D eigenvalue weighted by Gasteiger charge is 2.02. The van der Waals surface area contributed by atoms with Gasteiger partial charge in [-0.1, -0.05) is 20.8 Å². The molecule has 0 saturated carbocycles. The smallest absolute Gasteiger partial charge is 0.00194 e. The monoisotopic (exact) mass is 200 g/mol. The zero-order chi connectivity index (χ0) is 11.0. The fourth-order valence-electron chi connectivity index (χ4n) is 1.42. The van der Waals surface area contributed by atoms with E-state index in [1.165, 1.54) is 32.4 Å². The van der Waals surface area contributed by atoms with Crippen molar-refractivity contribution < 1.29 is 0 Å². The first-order valence-corrected chi connectivity index (χ1v) is 5.94. The number of hydrogen-bond donors (Lipinski definition) is 1. The molecule has 0 heterocycles. The van der Waals surface area contributed by atoms with Crippen LogP contribution in [0, 0.1) is 11.8 Å². The van der Waals surface area contributed by atoms with E-state index in [-0.39, 0.29) is 0 Å². The highest BCUT2D eigenvalue weighted by atomic mass is 15.1. The van der Waals surface area contributed by atoms with Crippen LogP contribution >= 0.6 is 0 Å². The van der Waals surface area contributed by atoms with E-state index in [1.54, 1.807) is 0 Å². The van der Waals surface area contributed by atoms with Gasteiger partial charge in [-0.2, -0.15) is 0 Å². The second-order valence-corrected chi connectivity index (χ2v) is 4.97. The Labute approximate surface area is 89.9 Å². The molecule has 14 heavy (non-hydrogen) atoms. The predicted octanol–water partition coefficient (Wildman–Crippen LogP) is 2.34. The van der Waals surface area contributed by atoms with Crippen LogP contribution in [-0.4, -0.2) is 31.6 Å². The molecule has 0 aromatic rings. The number of nitrogens with zero attached hydrogens (tertiary/aromatic N) is 1. The van der Waals surface area contributed by atoms with Crippen molar-refractivity contribution in [3.63, 3.8) is 0 Å². The van der Waals surface area contributed by atoms with E-state index in [1.807, 2.05) is 0 Å². The zero-order valence-electron chi connectivity index (χ0n) is 10.4. The quantitative estimate of drug-likeness (QED) is 0.651. The number of rotatable bonds is 8. The van der Waals surface area contributed by atoms with Crippen LogP contribution in [0.5, 0.6) is 0 Å². The Balaban J connectivity index is 3.30. The fourth-order valence-corrected chi connectivity index (χ4v) is 1.42. The maximum absolute atomic E-state index is 5.57. The normalized spacial score (nSPS) is 13.9. The topological polar surface area (TPSA) is 29.3 Å². The van der Waals surface area contributed by atoms with Crippen LogP contribution in [0.15, 0.2) is 0 Å². The largest absolute Gasteiger partial charge is 0.330 e. The van der Waals surface area contributed by atoms with Crippen molar-refractivity contribution >= 4 is 0 Å². The summed E-state index contributed by atoms with van der Waals surface area (Å²) in [6.45, 7) is 10.1. The van der Waals surface area contributed by atoms with Gasteiger partial charge >= 0.3 is 0 Å². The molecule has 0 amide bonds. The molecule has 0 aromatic carbocycles. The minimum absolute atomic E-state index is 0.688. The second-order valence-electron chi connectivity index (χ2n) is 4.97. The molecule has 2 N–H and O–H groups in total. The van der Waals surface area contributed by atoms with Crippen molar-refractivity contribution in [3.8, 4) is 0 Å². The highest BCUT2D eigenvalue weighted by molar-refractivity contribution is 4.58. The van der Waals surface area contributed by atoms with E-state index in [4.69, 9.17) is 5.73 Å². The Bertz CT molecular complexity index is 123. The summed E-state index contributed by atoms with van der Waals surface area (Å²) in [6.07, 6.45) is 3.86. The molecule has 0 aliphatic carbocycles. The molecule has 0 fully saturated rings. The van der Waals surface area contributed by atoms with Crippen molar-refractivity contribution in [2.75, 3.05) is 26.7 Å². The van der Waals surface area contributed by atoms with Crippen LogP contribution in [0.3, 0.4) is 0 Å². The van der Waals surface area contributed by atoms with Gasteiger partial charge in [0.15, 0.2) is 0 Å².